The molecule has 0 unspecified atom stereocenters. The van der Waals surface area contributed by atoms with Crippen LogP contribution in [0, 0.1) is 0 Å². The van der Waals surface area contributed by atoms with E-state index in [4.69, 9.17) is 15.2 Å². The summed E-state index contributed by atoms with van der Waals surface area (Å²) in [7, 11) is 0. The number of ether oxygens (including phenoxy) is 2. The number of rotatable bonds is 5. The van der Waals surface area contributed by atoms with E-state index in [1.165, 1.54) is 6.92 Å². The molecule has 0 saturated heterocycles. The van der Waals surface area contributed by atoms with Crippen LogP contribution < -0.4 is 5.73 Å². The van der Waals surface area contributed by atoms with E-state index >= 15 is 0 Å². The van der Waals surface area contributed by atoms with Gasteiger partial charge in [0.2, 0.25) is 6.29 Å². The van der Waals surface area contributed by atoms with Gasteiger partial charge in [-0.25, -0.2) is 9.59 Å². The third kappa shape index (κ3) is 5.20. The summed E-state index contributed by atoms with van der Waals surface area (Å²) >= 11 is 0.950. The molecule has 2 N–H and O–H groups in total. The van der Waals surface area contributed by atoms with Crippen molar-refractivity contribution in [1.29, 1.82) is 0 Å². The summed E-state index contributed by atoms with van der Waals surface area (Å²) in [4.78, 5) is 22.8. The summed E-state index contributed by atoms with van der Waals surface area (Å²) in [5.74, 6) is -0.0576. The van der Waals surface area contributed by atoms with Gasteiger partial charge in [-0.05, 0) is 23.9 Å². The topological polar surface area (TPSA) is 78.6 Å². The smallest absolute Gasteiger partial charge is 0.370 e. The second-order valence-electron chi connectivity index (χ2n) is 3.34. The van der Waals surface area contributed by atoms with E-state index < -0.39 is 17.6 Å². The van der Waals surface area contributed by atoms with Crippen molar-refractivity contribution in [3.05, 3.63) is 35.9 Å². The fourth-order valence-electron chi connectivity index (χ4n) is 1.13. The van der Waals surface area contributed by atoms with Crippen molar-refractivity contribution in [3.8, 4) is 0 Å². The predicted octanol–water partition coefficient (Wildman–Crippen LogP) is 2.02. The van der Waals surface area contributed by atoms with Gasteiger partial charge in [0.15, 0.2) is 0 Å². The van der Waals surface area contributed by atoms with Crippen molar-refractivity contribution in [1.82, 2.24) is 0 Å². The molecule has 0 radical (unpaired) electrons. The first-order chi connectivity index (χ1) is 8.63. The Balaban J connectivity index is 2.38. The zero-order valence-corrected chi connectivity index (χ0v) is 10.8. The quantitative estimate of drug-likeness (QED) is 0.650. The minimum atomic E-state index is -0.921. The zero-order chi connectivity index (χ0) is 13.4. The van der Waals surface area contributed by atoms with Crippen molar-refractivity contribution in [2.24, 2.45) is 5.73 Å². The summed E-state index contributed by atoms with van der Waals surface area (Å²) in [6.07, 6.45) is -0.921. The van der Waals surface area contributed by atoms with Crippen LogP contribution in [0.25, 0.3) is 0 Å². The molecule has 0 spiro atoms. The van der Waals surface area contributed by atoms with E-state index in [0.717, 1.165) is 11.8 Å². The number of nitrogens with two attached hydrogens (primary N) is 1. The van der Waals surface area contributed by atoms with Crippen LogP contribution in [-0.4, -0.2) is 29.9 Å². The molecule has 98 valence electrons. The van der Waals surface area contributed by atoms with Gasteiger partial charge in [0.05, 0.1) is 5.56 Å². The van der Waals surface area contributed by atoms with Crippen molar-refractivity contribution in [3.63, 3.8) is 0 Å². The highest BCUT2D eigenvalue weighted by molar-refractivity contribution is 8.13. The van der Waals surface area contributed by atoms with E-state index in [1.807, 2.05) is 0 Å². The highest BCUT2D eigenvalue weighted by Gasteiger charge is 2.15. The minimum absolute atomic E-state index is 0.387. The monoisotopic (exact) mass is 269 g/mol. The molecule has 0 heterocycles. The Morgan fingerprint density at radius 1 is 1.28 bits per heavy atom. The highest BCUT2D eigenvalue weighted by Crippen LogP contribution is 2.09. The van der Waals surface area contributed by atoms with Gasteiger partial charge in [-0.2, -0.15) is 0 Å². The van der Waals surface area contributed by atoms with Crippen LogP contribution in [-0.2, 0) is 9.47 Å². The van der Waals surface area contributed by atoms with Gasteiger partial charge in [-0.15, -0.1) is 0 Å². The SMILES string of the molecule is C[C@@H](OC(=O)SCCN)OC(=O)c1ccccc1. The van der Waals surface area contributed by atoms with Crippen LogP contribution in [0.5, 0.6) is 0 Å². The van der Waals surface area contributed by atoms with Gasteiger partial charge in [-0.3, -0.25) is 0 Å². The maximum absolute atomic E-state index is 11.6. The van der Waals surface area contributed by atoms with Gasteiger partial charge in [0, 0.05) is 19.2 Å². The molecule has 1 aromatic rings. The maximum atomic E-state index is 11.6. The van der Waals surface area contributed by atoms with Gasteiger partial charge in [-0.1, -0.05) is 18.2 Å². The molecule has 1 aromatic carbocycles. The number of thioether (sulfide) groups is 1. The second kappa shape index (κ2) is 7.73. The van der Waals surface area contributed by atoms with Crippen LogP contribution >= 0.6 is 11.8 Å². The minimum Gasteiger partial charge on any atom is -0.422 e. The molecular weight excluding hydrogens is 254 g/mol. The molecule has 5 nitrogen and oxygen atoms in total. The van der Waals surface area contributed by atoms with Crippen LogP contribution in [0.1, 0.15) is 17.3 Å². The first-order valence-electron chi connectivity index (χ1n) is 5.43. The van der Waals surface area contributed by atoms with Crippen LogP contribution in [0.2, 0.25) is 0 Å². The Morgan fingerprint density at radius 3 is 2.56 bits per heavy atom. The van der Waals surface area contributed by atoms with Crippen molar-refractivity contribution in [2.45, 2.75) is 13.2 Å². The van der Waals surface area contributed by atoms with Gasteiger partial charge in [0.1, 0.15) is 0 Å². The summed E-state index contributed by atoms with van der Waals surface area (Å²) in [5, 5.41) is -0.506. The van der Waals surface area contributed by atoms with E-state index in [1.54, 1.807) is 30.3 Å². The molecule has 6 heteroatoms. The van der Waals surface area contributed by atoms with Crippen LogP contribution in [0.15, 0.2) is 30.3 Å². The summed E-state index contributed by atoms with van der Waals surface area (Å²) in [6.45, 7) is 1.87. The van der Waals surface area contributed by atoms with Crippen molar-refractivity contribution < 1.29 is 19.1 Å². The van der Waals surface area contributed by atoms with E-state index in [-0.39, 0.29) is 0 Å². The Bertz CT molecular complexity index is 396. The summed E-state index contributed by atoms with van der Waals surface area (Å²) in [5.41, 5.74) is 5.66. The molecule has 18 heavy (non-hydrogen) atoms. The fourth-order valence-corrected chi connectivity index (χ4v) is 1.62. The first-order valence-corrected chi connectivity index (χ1v) is 6.41. The van der Waals surface area contributed by atoms with Gasteiger partial charge < -0.3 is 15.2 Å². The van der Waals surface area contributed by atoms with E-state index in [0.29, 0.717) is 17.9 Å². The molecule has 0 amide bonds. The first kappa shape index (κ1) is 14.5. The normalized spacial score (nSPS) is 11.7. The lowest BCUT2D eigenvalue weighted by Gasteiger charge is -2.13. The third-order valence-corrected chi connectivity index (χ3v) is 2.65. The molecule has 0 aliphatic rings. The maximum Gasteiger partial charge on any atom is 0.370 e. The Kier molecular flexibility index (Phi) is 6.24. The predicted molar refractivity (Wildman–Crippen MR) is 69.3 cm³/mol. The summed E-state index contributed by atoms with van der Waals surface area (Å²) < 4.78 is 9.83. The molecule has 0 aliphatic carbocycles. The number of carbonyl (C=O) groups excluding carboxylic acids is 2. The lowest BCUT2D eigenvalue weighted by Crippen LogP contribution is -2.20. The number of hydrogen-bond acceptors (Lipinski definition) is 6. The Morgan fingerprint density at radius 2 is 1.94 bits per heavy atom. The highest BCUT2D eigenvalue weighted by atomic mass is 32.2. The van der Waals surface area contributed by atoms with Crippen molar-refractivity contribution in [2.75, 3.05) is 12.3 Å². The second-order valence-corrected chi connectivity index (χ2v) is 4.37. The Hall–Kier alpha value is -1.53. The number of benzene rings is 1. The fraction of sp³-hybridized carbons (Fsp3) is 0.333. The molecule has 0 fully saturated rings. The molecule has 0 bridgehead atoms. The molecule has 1 atom stereocenters. The molecule has 0 aromatic heterocycles. The largest absolute Gasteiger partial charge is 0.422 e. The third-order valence-electron chi connectivity index (χ3n) is 1.88. The van der Waals surface area contributed by atoms with Crippen LogP contribution in [0.4, 0.5) is 4.79 Å². The van der Waals surface area contributed by atoms with E-state index in [2.05, 4.69) is 0 Å². The average molecular weight is 269 g/mol. The Labute approximate surface area is 110 Å². The van der Waals surface area contributed by atoms with Gasteiger partial charge in [0.25, 0.3) is 0 Å². The standard InChI is InChI=1S/C12H15NO4S/c1-9(17-12(15)18-8-7-13)16-11(14)10-5-3-2-4-6-10/h2-6,9H,7-8,13H2,1H3/t9-/m1/s1. The number of carbonyl (C=O) groups is 2. The number of esters is 1. The lowest BCUT2D eigenvalue weighted by molar-refractivity contribution is -0.0526. The zero-order valence-electron chi connectivity index (χ0n) is 10.00. The van der Waals surface area contributed by atoms with Gasteiger partial charge >= 0.3 is 11.3 Å². The molecular formula is C12H15NO4S. The van der Waals surface area contributed by atoms with Crippen LogP contribution in [0.3, 0.4) is 0 Å². The van der Waals surface area contributed by atoms with E-state index in [9.17, 15) is 9.59 Å². The van der Waals surface area contributed by atoms with Crippen molar-refractivity contribution >= 4 is 23.0 Å². The molecule has 1 rings (SSSR count). The lowest BCUT2D eigenvalue weighted by atomic mass is 10.2. The molecule has 0 saturated carbocycles. The average Bonchev–Trinajstić information content (AvgIpc) is 2.37. The molecule has 0 aliphatic heterocycles. The number of hydrogen-bond donors (Lipinski definition) is 1. The summed E-state index contributed by atoms with van der Waals surface area (Å²) in [6, 6.07) is 8.50.